The highest BCUT2D eigenvalue weighted by molar-refractivity contribution is 9.10. The Morgan fingerprint density at radius 2 is 2.04 bits per heavy atom. The molecule has 1 aliphatic rings. The van der Waals surface area contributed by atoms with E-state index in [-0.39, 0.29) is 17.1 Å². The number of urea groups is 1. The van der Waals surface area contributed by atoms with Gasteiger partial charge in [-0.1, -0.05) is 6.07 Å². The molecule has 0 radical (unpaired) electrons. The zero-order valence-electron chi connectivity index (χ0n) is 13.4. The largest absolute Gasteiger partial charge is 0.463 e. The van der Waals surface area contributed by atoms with Gasteiger partial charge in [-0.15, -0.1) is 0 Å². The topological polar surface area (TPSA) is 49.9 Å². The van der Waals surface area contributed by atoms with Gasteiger partial charge in [0.25, 0.3) is 0 Å². The van der Waals surface area contributed by atoms with Crippen LogP contribution in [0.2, 0.25) is 0 Å². The summed E-state index contributed by atoms with van der Waals surface area (Å²) in [6.45, 7) is 3.65. The smallest absolute Gasteiger partial charge is 0.338 e. The molecule has 1 aromatic rings. The van der Waals surface area contributed by atoms with Crippen LogP contribution in [-0.4, -0.2) is 42.5 Å². The first-order chi connectivity index (χ1) is 10.8. The molecule has 0 spiro atoms. The van der Waals surface area contributed by atoms with Gasteiger partial charge in [0.15, 0.2) is 0 Å². The molecule has 2 amide bonds. The van der Waals surface area contributed by atoms with Crippen molar-refractivity contribution in [2.75, 3.05) is 20.7 Å². The number of hydrogen-bond donors (Lipinski definition) is 0. The molecule has 0 aliphatic carbocycles. The minimum atomic E-state index is -0.630. The monoisotopic (exact) mass is 384 g/mol. The lowest BCUT2D eigenvalue weighted by atomic mass is 9.93. The molecule has 2 rings (SSSR count). The lowest BCUT2D eigenvalue weighted by molar-refractivity contribution is -0.139. The summed E-state index contributed by atoms with van der Waals surface area (Å²) in [4.78, 5) is 27.6. The van der Waals surface area contributed by atoms with Crippen molar-refractivity contribution >= 4 is 27.9 Å². The molecule has 0 saturated carbocycles. The highest BCUT2D eigenvalue weighted by atomic mass is 79.9. The molecule has 0 fully saturated rings. The second-order valence-corrected chi connectivity index (χ2v) is 6.10. The van der Waals surface area contributed by atoms with Gasteiger partial charge in [-0.25, -0.2) is 14.0 Å². The van der Waals surface area contributed by atoms with Crippen LogP contribution in [-0.2, 0) is 9.53 Å². The van der Waals surface area contributed by atoms with E-state index in [4.69, 9.17) is 4.74 Å². The summed E-state index contributed by atoms with van der Waals surface area (Å²) in [6, 6.07) is 3.55. The number of carbonyl (C=O) groups excluding carboxylic acids is 2. The minimum Gasteiger partial charge on any atom is -0.463 e. The van der Waals surface area contributed by atoms with Crippen LogP contribution in [0.25, 0.3) is 0 Å². The van der Waals surface area contributed by atoms with Crippen molar-refractivity contribution in [3.63, 3.8) is 0 Å². The van der Waals surface area contributed by atoms with Crippen LogP contribution in [0.3, 0.4) is 0 Å². The van der Waals surface area contributed by atoms with Gasteiger partial charge in [0.2, 0.25) is 0 Å². The number of carbonyl (C=O) groups is 2. The number of esters is 1. The van der Waals surface area contributed by atoms with E-state index in [1.54, 1.807) is 40.1 Å². The van der Waals surface area contributed by atoms with Crippen molar-refractivity contribution in [2.45, 2.75) is 19.9 Å². The molecule has 1 aromatic carbocycles. The van der Waals surface area contributed by atoms with Gasteiger partial charge in [-0.3, -0.25) is 0 Å². The Morgan fingerprint density at radius 3 is 2.61 bits per heavy atom. The molecule has 124 valence electrons. The highest BCUT2D eigenvalue weighted by Crippen LogP contribution is 2.37. The van der Waals surface area contributed by atoms with Crippen molar-refractivity contribution in [3.05, 3.63) is 45.3 Å². The third-order valence-electron chi connectivity index (χ3n) is 3.90. The summed E-state index contributed by atoms with van der Waals surface area (Å²) in [5, 5.41) is 0. The summed E-state index contributed by atoms with van der Waals surface area (Å²) < 4.78 is 18.9. The number of allylic oxidation sites excluding steroid dienone is 1. The highest BCUT2D eigenvalue weighted by Gasteiger charge is 2.39. The second-order valence-electron chi connectivity index (χ2n) is 5.25. The molecular formula is C16H18BrFN2O3. The predicted molar refractivity (Wildman–Crippen MR) is 87.1 cm³/mol. The number of likely N-dealkylation sites (N-methyl/N-ethyl adjacent to an activating group) is 1. The Balaban J connectivity index is 2.61. The van der Waals surface area contributed by atoms with Crippen LogP contribution in [0.4, 0.5) is 9.18 Å². The molecule has 1 atom stereocenters. The molecule has 7 heteroatoms. The zero-order valence-corrected chi connectivity index (χ0v) is 15.0. The number of hydrogen-bond acceptors (Lipinski definition) is 3. The lowest BCUT2D eigenvalue weighted by Crippen LogP contribution is -2.47. The van der Waals surface area contributed by atoms with E-state index in [1.165, 1.54) is 15.9 Å². The predicted octanol–water partition coefficient (Wildman–Crippen LogP) is 3.46. The molecule has 1 heterocycles. The van der Waals surface area contributed by atoms with Crippen molar-refractivity contribution in [1.82, 2.24) is 9.80 Å². The van der Waals surface area contributed by atoms with Gasteiger partial charge >= 0.3 is 12.0 Å². The number of amides is 2. The van der Waals surface area contributed by atoms with Gasteiger partial charge in [0, 0.05) is 19.8 Å². The lowest BCUT2D eigenvalue weighted by Gasteiger charge is -2.39. The van der Waals surface area contributed by atoms with Crippen LogP contribution < -0.4 is 0 Å². The first kappa shape index (κ1) is 17.5. The van der Waals surface area contributed by atoms with Crippen LogP contribution >= 0.6 is 15.9 Å². The van der Waals surface area contributed by atoms with E-state index in [9.17, 15) is 14.0 Å². The number of nitrogens with zero attached hydrogens (tertiary/aromatic N) is 2. The number of benzene rings is 1. The number of halogens is 2. The minimum absolute atomic E-state index is 0.233. The summed E-state index contributed by atoms with van der Waals surface area (Å²) in [6.07, 6.45) is 0. The molecule has 0 aromatic heterocycles. The Labute approximate surface area is 142 Å². The molecule has 5 nitrogen and oxygen atoms in total. The van der Waals surface area contributed by atoms with E-state index in [2.05, 4.69) is 15.9 Å². The van der Waals surface area contributed by atoms with Crippen LogP contribution in [0, 0.1) is 5.82 Å². The van der Waals surface area contributed by atoms with Gasteiger partial charge in [0.05, 0.1) is 22.7 Å². The molecule has 0 bridgehead atoms. The van der Waals surface area contributed by atoms with E-state index in [0.717, 1.165) is 0 Å². The third-order valence-corrected chi connectivity index (χ3v) is 4.50. The molecule has 1 aliphatic heterocycles. The average molecular weight is 385 g/mol. The van der Waals surface area contributed by atoms with Gasteiger partial charge in [-0.2, -0.15) is 0 Å². The first-order valence-corrected chi connectivity index (χ1v) is 7.92. The maximum absolute atomic E-state index is 13.5. The quantitative estimate of drug-likeness (QED) is 0.749. The first-order valence-electron chi connectivity index (χ1n) is 7.12. The maximum atomic E-state index is 13.5. The summed E-state index contributed by atoms with van der Waals surface area (Å²) in [5.74, 6) is -0.893. The molecule has 0 N–H and O–H groups in total. The number of ether oxygens (including phenoxy) is 1. The fraction of sp³-hybridized carbons (Fsp3) is 0.375. The Bertz CT molecular complexity index is 690. The molecule has 0 saturated heterocycles. The van der Waals surface area contributed by atoms with E-state index < -0.39 is 17.8 Å². The standard InChI is InChI=1S/C16H18BrFN2O3/c1-5-23-15(21)13-9(2)19(3)16(22)20(4)14(13)10-6-7-12(18)11(17)8-10/h6-8,14H,5H2,1-4H3. The van der Waals surface area contributed by atoms with Gasteiger partial charge in [-0.05, 0) is 47.5 Å². The Hall–Kier alpha value is -1.89. The Kier molecular flexibility index (Phi) is 5.09. The van der Waals surface area contributed by atoms with Crippen molar-refractivity contribution in [2.24, 2.45) is 0 Å². The maximum Gasteiger partial charge on any atom is 0.338 e. The molecule has 1 unspecified atom stereocenters. The summed E-state index contributed by atoms with van der Waals surface area (Å²) in [5.41, 5.74) is 1.52. The van der Waals surface area contributed by atoms with Gasteiger partial charge < -0.3 is 14.5 Å². The Morgan fingerprint density at radius 1 is 1.39 bits per heavy atom. The van der Waals surface area contributed by atoms with Gasteiger partial charge in [0.1, 0.15) is 5.82 Å². The van der Waals surface area contributed by atoms with E-state index in [0.29, 0.717) is 16.8 Å². The molecular weight excluding hydrogens is 367 g/mol. The average Bonchev–Trinajstić information content (AvgIpc) is 2.51. The van der Waals surface area contributed by atoms with Crippen LogP contribution in [0.5, 0.6) is 0 Å². The van der Waals surface area contributed by atoms with Crippen molar-refractivity contribution in [3.8, 4) is 0 Å². The van der Waals surface area contributed by atoms with Crippen LogP contribution in [0.15, 0.2) is 33.9 Å². The fourth-order valence-corrected chi connectivity index (χ4v) is 3.00. The summed E-state index contributed by atoms with van der Waals surface area (Å²) >= 11 is 3.14. The number of rotatable bonds is 3. The second kappa shape index (κ2) is 6.70. The van der Waals surface area contributed by atoms with Crippen LogP contribution in [0.1, 0.15) is 25.5 Å². The normalized spacial score (nSPS) is 18.5. The third kappa shape index (κ3) is 3.10. The van der Waals surface area contributed by atoms with E-state index >= 15 is 0 Å². The molecule has 23 heavy (non-hydrogen) atoms. The van der Waals surface area contributed by atoms with E-state index in [1.807, 2.05) is 0 Å². The fourth-order valence-electron chi connectivity index (χ4n) is 2.60. The zero-order chi connectivity index (χ0) is 17.3. The summed E-state index contributed by atoms with van der Waals surface area (Å²) in [7, 11) is 3.20. The SMILES string of the molecule is CCOC(=O)C1=C(C)N(C)C(=O)N(C)C1c1ccc(F)c(Br)c1. The van der Waals surface area contributed by atoms with Crippen molar-refractivity contribution < 1.29 is 18.7 Å². The van der Waals surface area contributed by atoms with Crippen molar-refractivity contribution in [1.29, 1.82) is 0 Å².